The summed E-state index contributed by atoms with van der Waals surface area (Å²) < 4.78 is 0. The van der Waals surface area contributed by atoms with Gasteiger partial charge in [-0.3, -0.25) is 4.79 Å². The van der Waals surface area contributed by atoms with E-state index in [4.69, 9.17) is 11.6 Å². The smallest absolute Gasteiger partial charge is 0.261 e. The predicted molar refractivity (Wildman–Crippen MR) is 70.6 cm³/mol. The van der Waals surface area contributed by atoms with Crippen LogP contribution in [0.25, 0.3) is 0 Å². The first-order chi connectivity index (χ1) is 7.71. The van der Waals surface area contributed by atoms with Crippen LogP contribution in [0.3, 0.4) is 0 Å². The highest BCUT2D eigenvalue weighted by Crippen LogP contribution is 2.17. The molecule has 1 aromatic rings. The highest BCUT2D eigenvalue weighted by Gasteiger charge is 2.13. The third-order valence-corrected chi connectivity index (χ3v) is 3.97. The molecule has 2 nitrogen and oxygen atoms in total. The summed E-state index contributed by atoms with van der Waals surface area (Å²) in [6, 6.07) is 4.10. The molecule has 0 saturated heterocycles. The summed E-state index contributed by atoms with van der Waals surface area (Å²) in [5, 5.41) is 3.01. The molecule has 0 aliphatic rings. The Bertz CT molecular complexity index is 338. The van der Waals surface area contributed by atoms with Gasteiger partial charge in [-0.05, 0) is 31.4 Å². The van der Waals surface area contributed by atoms with Crippen molar-refractivity contribution < 1.29 is 4.79 Å². The van der Waals surface area contributed by atoms with Gasteiger partial charge in [0.2, 0.25) is 0 Å². The van der Waals surface area contributed by atoms with Gasteiger partial charge in [0.1, 0.15) is 0 Å². The van der Waals surface area contributed by atoms with Crippen LogP contribution in [0, 0.1) is 0 Å². The monoisotopic (exact) mass is 259 g/mol. The number of hydrogen-bond donors (Lipinski definition) is 1. The summed E-state index contributed by atoms with van der Waals surface area (Å²) >= 11 is 7.25. The molecule has 0 aliphatic carbocycles. The molecular weight excluding hydrogens is 242 g/mol. The van der Waals surface area contributed by atoms with Crippen molar-refractivity contribution in [3.63, 3.8) is 0 Å². The second-order valence-corrected chi connectivity index (χ2v) is 5.22. The number of rotatable bonds is 6. The highest BCUT2D eigenvalue weighted by molar-refractivity contribution is 7.14. The second-order valence-electron chi connectivity index (χ2n) is 3.68. The van der Waals surface area contributed by atoms with E-state index < -0.39 is 0 Å². The van der Waals surface area contributed by atoms with Crippen LogP contribution in [0.15, 0.2) is 12.1 Å². The van der Waals surface area contributed by atoms with Gasteiger partial charge in [-0.2, -0.15) is 0 Å². The van der Waals surface area contributed by atoms with Crippen LogP contribution < -0.4 is 5.32 Å². The van der Waals surface area contributed by atoms with Crippen molar-refractivity contribution in [3.05, 3.63) is 21.9 Å². The number of amides is 1. The van der Waals surface area contributed by atoms with E-state index in [-0.39, 0.29) is 11.9 Å². The van der Waals surface area contributed by atoms with Gasteiger partial charge in [0.25, 0.3) is 5.91 Å². The van der Waals surface area contributed by atoms with Crippen LogP contribution in [0.5, 0.6) is 0 Å². The Labute approximate surface area is 106 Å². The zero-order valence-electron chi connectivity index (χ0n) is 9.75. The predicted octanol–water partition coefficient (Wildman–Crippen LogP) is 3.45. The number of carbonyl (C=O) groups excluding carboxylic acids is 1. The fourth-order valence-electron chi connectivity index (χ4n) is 1.46. The Morgan fingerprint density at radius 1 is 1.50 bits per heavy atom. The topological polar surface area (TPSA) is 29.1 Å². The van der Waals surface area contributed by atoms with Crippen LogP contribution in [0.2, 0.25) is 0 Å². The minimum absolute atomic E-state index is 0.0293. The molecular formula is C12H18ClNOS. The molecule has 0 spiro atoms. The SMILES string of the molecule is CCc1ccc(C(=O)NC(CC)CCCl)s1. The van der Waals surface area contributed by atoms with Crippen molar-refractivity contribution in [1.29, 1.82) is 0 Å². The molecule has 1 rings (SSSR count). The average Bonchev–Trinajstić information content (AvgIpc) is 2.76. The Hall–Kier alpha value is -0.540. The lowest BCUT2D eigenvalue weighted by Gasteiger charge is -2.14. The van der Waals surface area contributed by atoms with E-state index in [9.17, 15) is 4.79 Å². The van der Waals surface area contributed by atoms with E-state index in [1.807, 2.05) is 12.1 Å². The van der Waals surface area contributed by atoms with E-state index in [1.165, 1.54) is 4.88 Å². The van der Waals surface area contributed by atoms with E-state index in [1.54, 1.807) is 11.3 Å². The van der Waals surface area contributed by atoms with E-state index in [0.29, 0.717) is 5.88 Å². The third kappa shape index (κ3) is 3.80. The summed E-state index contributed by atoms with van der Waals surface area (Å²) in [7, 11) is 0. The fraction of sp³-hybridized carbons (Fsp3) is 0.583. The first kappa shape index (κ1) is 13.5. The first-order valence-corrected chi connectivity index (χ1v) is 7.01. The van der Waals surface area contributed by atoms with Crippen molar-refractivity contribution in [2.75, 3.05) is 5.88 Å². The zero-order chi connectivity index (χ0) is 12.0. The molecule has 16 heavy (non-hydrogen) atoms. The van der Waals surface area contributed by atoms with Crippen molar-refractivity contribution in [3.8, 4) is 0 Å². The maximum Gasteiger partial charge on any atom is 0.261 e. The van der Waals surface area contributed by atoms with Gasteiger partial charge in [0, 0.05) is 16.8 Å². The lowest BCUT2D eigenvalue weighted by molar-refractivity contribution is 0.0939. The van der Waals surface area contributed by atoms with Gasteiger partial charge < -0.3 is 5.32 Å². The number of thiophene rings is 1. The number of aryl methyl sites for hydroxylation is 1. The minimum atomic E-state index is 0.0293. The third-order valence-electron chi connectivity index (χ3n) is 2.52. The minimum Gasteiger partial charge on any atom is -0.349 e. The highest BCUT2D eigenvalue weighted by atomic mass is 35.5. The largest absolute Gasteiger partial charge is 0.349 e. The standard InChI is InChI=1S/C12H18ClNOS/c1-3-9(7-8-13)14-12(15)11-6-5-10(4-2)16-11/h5-6,9H,3-4,7-8H2,1-2H3,(H,14,15). The molecule has 4 heteroatoms. The molecule has 0 radical (unpaired) electrons. The molecule has 0 fully saturated rings. The second kappa shape index (κ2) is 6.92. The maximum atomic E-state index is 11.9. The number of carbonyl (C=O) groups is 1. The molecule has 0 bridgehead atoms. The molecule has 1 aromatic heterocycles. The molecule has 0 aliphatic heterocycles. The van der Waals surface area contributed by atoms with Gasteiger partial charge in [0.15, 0.2) is 0 Å². The van der Waals surface area contributed by atoms with Gasteiger partial charge in [-0.15, -0.1) is 22.9 Å². The zero-order valence-corrected chi connectivity index (χ0v) is 11.3. The maximum absolute atomic E-state index is 11.9. The Kier molecular flexibility index (Phi) is 5.85. The van der Waals surface area contributed by atoms with Crippen molar-refractivity contribution in [1.82, 2.24) is 5.32 Å². The normalized spacial score (nSPS) is 12.4. The van der Waals surface area contributed by atoms with Crippen molar-refractivity contribution in [2.45, 2.75) is 39.2 Å². The number of halogens is 1. The molecule has 1 atom stereocenters. The lowest BCUT2D eigenvalue weighted by Crippen LogP contribution is -2.34. The molecule has 90 valence electrons. The van der Waals surface area contributed by atoms with Crippen molar-refractivity contribution in [2.24, 2.45) is 0 Å². The van der Waals surface area contributed by atoms with Gasteiger partial charge in [0.05, 0.1) is 4.88 Å². The summed E-state index contributed by atoms with van der Waals surface area (Å²) in [6.07, 6.45) is 2.73. The molecule has 1 heterocycles. The Morgan fingerprint density at radius 2 is 2.25 bits per heavy atom. The van der Waals surface area contributed by atoms with Crippen molar-refractivity contribution >= 4 is 28.8 Å². The van der Waals surface area contributed by atoms with E-state index >= 15 is 0 Å². The van der Waals surface area contributed by atoms with Crippen LogP contribution in [-0.4, -0.2) is 17.8 Å². The quantitative estimate of drug-likeness (QED) is 0.779. The van der Waals surface area contributed by atoms with Gasteiger partial charge >= 0.3 is 0 Å². The molecule has 1 N–H and O–H groups in total. The molecule has 1 amide bonds. The average molecular weight is 260 g/mol. The Balaban J connectivity index is 2.56. The van der Waals surface area contributed by atoms with Gasteiger partial charge in [-0.1, -0.05) is 13.8 Å². The molecule has 0 saturated carbocycles. The van der Waals surface area contributed by atoms with Crippen LogP contribution in [0.1, 0.15) is 41.2 Å². The lowest BCUT2D eigenvalue weighted by atomic mass is 10.1. The van der Waals surface area contributed by atoms with E-state index in [0.717, 1.165) is 24.1 Å². The van der Waals surface area contributed by atoms with Gasteiger partial charge in [-0.25, -0.2) is 0 Å². The van der Waals surface area contributed by atoms with Crippen LogP contribution >= 0.6 is 22.9 Å². The summed E-state index contributed by atoms with van der Waals surface area (Å²) in [6.45, 7) is 4.15. The first-order valence-electron chi connectivity index (χ1n) is 5.66. The summed E-state index contributed by atoms with van der Waals surface area (Å²) in [5.41, 5.74) is 0. The number of nitrogens with one attached hydrogen (secondary N) is 1. The van der Waals surface area contributed by atoms with Crippen LogP contribution in [0.4, 0.5) is 0 Å². The molecule has 0 aromatic carbocycles. The molecule has 1 unspecified atom stereocenters. The number of alkyl halides is 1. The van der Waals surface area contributed by atoms with Crippen LogP contribution in [-0.2, 0) is 6.42 Å². The fourth-order valence-corrected chi connectivity index (χ4v) is 2.57. The van der Waals surface area contributed by atoms with E-state index in [2.05, 4.69) is 19.2 Å². The number of hydrogen-bond acceptors (Lipinski definition) is 2. The summed E-state index contributed by atoms with van der Waals surface area (Å²) in [4.78, 5) is 13.9. The Morgan fingerprint density at radius 3 is 2.75 bits per heavy atom. The summed E-state index contributed by atoms with van der Waals surface area (Å²) in [5.74, 6) is 0.616.